The molecule has 0 saturated heterocycles. The predicted octanol–water partition coefficient (Wildman–Crippen LogP) is 0.312. The third-order valence-electron chi connectivity index (χ3n) is 9.18. The molecule has 0 bridgehead atoms. The van der Waals surface area contributed by atoms with E-state index in [4.69, 9.17) is 0 Å². The van der Waals surface area contributed by atoms with Crippen LogP contribution in [0.2, 0.25) is 0 Å². The van der Waals surface area contributed by atoms with Crippen LogP contribution in [0, 0.1) is 20.2 Å². The van der Waals surface area contributed by atoms with Gasteiger partial charge < -0.3 is 29.0 Å². The zero-order chi connectivity index (χ0) is 48.6. The topological polar surface area (TPSA) is 417 Å². The van der Waals surface area contributed by atoms with Gasteiger partial charge in [0, 0.05) is 41.1 Å². The summed E-state index contributed by atoms with van der Waals surface area (Å²) in [5, 5.41) is 86.2. The largest absolute Gasteiger partial charge is 1.00 e. The summed E-state index contributed by atoms with van der Waals surface area (Å²) in [6, 6.07) is 19.1. The third kappa shape index (κ3) is 12.6. The van der Waals surface area contributed by atoms with Gasteiger partial charge in [-0.05, 0) is 60.0 Å². The number of rotatable bonds is 13. The molecule has 0 amide bonds. The maximum atomic E-state index is 12.4. The van der Waals surface area contributed by atoms with Crippen molar-refractivity contribution >= 4 is 109 Å². The van der Waals surface area contributed by atoms with Crippen LogP contribution in [0.25, 0.3) is 21.5 Å². The van der Waals surface area contributed by atoms with Crippen molar-refractivity contribution in [2.24, 2.45) is 40.9 Å². The average Bonchev–Trinajstić information content (AvgIpc) is 3.26. The van der Waals surface area contributed by atoms with Gasteiger partial charge in [0.15, 0.2) is 22.9 Å². The van der Waals surface area contributed by atoms with Crippen molar-refractivity contribution in [1.29, 1.82) is 0 Å². The molecule has 32 heteroatoms. The maximum absolute atomic E-state index is 12.4. The molecule has 0 spiro atoms. The van der Waals surface area contributed by atoms with Crippen LogP contribution in [-0.2, 0) is 30.4 Å². The number of nitro benzene ring substituents is 2. The zero-order valence-electron chi connectivity index (χ0n) is 35.7. The number of nitrogens with zero attached hydrogens (tertiary/aromatic N) is 10. The first-order chi connectivity index (χ1) is 31.5. The fourth-order valence-electron chi connectivity index (χ4n) is 6.09. The number of phenolic OH excluding ortho intramolecular Hbond substituents is 3. The number of fused-ring (bicyclic) bond motifs is 2. The smallest absolute Gasteiger partial charge is 0.744 e. The van der Waals surface area contributed by atoms with Crippen LogP contribution in [0.3, 0.4) is 0 Å². The average molecular weight is 1040 g/mol. The van der Waals surface area contributed by atoms with Gasteiger partial charge in [0.25, 0.3) is 11.4 Å². The summed E-state index contributed by atoms with van der Waals surface area (Å²) in [6.45, 7) is 0. The fraction of sp³-hybridized carbons (Fsp3) is 0. The normalized spacial score (nSPS) is 12.1. The Morgan fingerprint density at radius 2 is 0.886 bits per heavy atom. The van der Waals surface area contributed by atoms with Gasteiger partial charge in [0.05, 0.1) is 52.7 Å². The Morgan fingerprint density at radius 1 is 0.429 bits per heavy atom. The van der Waals surface area contributed by atoms with Crippen molar-refractivity contribution in [2.75, 3.05) is 0 Å². The van der Waals surface area contributed by atoms with Gasteiger partial charge in [0.1, 0.15) is 47.4 Å². The molecule has 340 valence electrons. The Labute approximate surface area is 459 Å². The summed E-state index contributed by atoms with van der Waals surface area (Å²) >= 11 is 0. The second kappa shape index (κ2) is 22.6. The van der Waals surface area contributed by atoms with E-state index < -0.39 is 111 Å². The molecule has 0 aliphatic carbocycles. The zero-order valence-corrected chi connectivity index (χ0v) is 44.2. The molecular formula is C38H21N10Na3O16S3. The van der Waals surface area contributed by atoms with Crippen LogP contribution >= 0.6 is 0 Å². The first-order valence-electron chi connectivity index (χ1n) is 18.0. The minimum atomic E-state index is -5.60. The molecule has 7 aromatic carbocycles. The standard InChI is InChI=1S/C38H24N10O16S3.3Na/c49-36-29(43-39-20-5-9-22(10-6-20)47(52)53)18-30(44-41-27-13-14-31(66(59,60)61)26-4-2-1-3-25(26)27)37(50)35(36)46-42-28-17-24(65(56,57)58)15-19-16-32(67(62,63)64)34(38(51)33(19)28)45-40-21-7-11-23(12-8-21)48(54)55;;;/h1-18,49-51H,(H,56,57,58)(H,59,60,61)(H,62,63,64);;;/q;3*+1/p-3. The Hall–Kier alpha value is -5.61. The number of aromatic hydroxyl groups is 3. The van der Waals surface area contributed by atoms with E-state index in [-0.39, 0.29) is 128 Å². The van der Waals surface area contributed by atoms with Gasteiger partial charge in [-0.25, -0.2) is 25.3 Å². The molecule has 0 radical (unpaired) electrons. The van der Waals surface area contributed by atoms with Crippen LogP contribution in [0.4, 0.5) is 56.9 Å². The van der Waals surface area contributed by atoms with Gasteiger partial charge in [-0.15, -0.1) is 30.7 Å². The quantitative estimate of drug-likeness (QED) is 0.0460. The van der Waals surface area contributed by atoms with Gasteiger partial charge >= 0.3 is 88.7 Å². The van der Waals surface area contributed by atoms with E-state index in [1.165, 1.54) is 36.4 Å². The molecule has 0 heterocycles. The van der Waals surface area contributed by atoms with E-state index >= 15 is 0 Å². The van der Waals surface area contributed by atoms with Crippen molar-refractivity contribution in [1.82, 2.24) is 0 Å². The number of azo groups is 4. The summed E-state index contributed by atoms with van der Waals surface area (Å²) in [6.07, 6.45) is 0. The summed E-state index contributed by atoms with van der Waals surface area (Å²) in [5.41, 5.74) is -4.77. The molecule has 70 heavy (non-hydrogen) atoms. The molecule has 0 atom stereocenters. The number of benzene rings is 7. The summed E-state index contributed by atoms with van der Waals surface area (Å²) in [4.78, 5) is 17.8. The molecule has 0 aliphatic rings. The molecule has 0 aromatic heterocycles. The van der Waals surface area contributed by atoms with Gasteiger partial charge in [0.2, 0.25) is 0 Å². The fourth-order valence-corrected chi connectivity index (χ4v) is 7.95. The van der Waals surface area contributed by atoms with Crippen molar-refractivity contribution in [3.8, 4) is 17.2 Å². The van der Waals surface area contributed by atoms with E-state index in [0.29, 0.717) is 18.2 Å². The van der Waals surface area contributed by atoms with Crippen LogP contribution in [0.1, 0.15) is 0 Å². The van der Waals surface area contributed by atoms with Crippen molar-refractivity contribution < 1.29 is 153 Å². The van der Waals surface area contributed by atoms with Crippen LogP contribution in [0.5, 0.6) is 17.2 Å². The van der Waals surface area contributed by atoms with E-state index in [2.05, 4.69) is 40.9 Å². The molecule has 3 N–H and O–H groups in total. The van der Waals surface area contributed by atoms with Gasteiger partial charge in [-0.1, -0.05) is 24.3 Å². The number of non-ortho nitro benzene ring substituents is 2. The van der Waals surface area contributed by atoms with Gasteiger partial charge in [-0.3, -0.25) is 20.2 Å². The summed E-state index contributed by atoms with van der Waals surface area (Å²) in [5.74, 6) is -3.28. The molecule has 0 fully saturated rings. The summed E-state index contributed by atoms with van der Waals surface area (Å²) < 4.78 is 110. The number of hydrogen-bond donors (Lipinski definition) is 3. The van der Waals surface area contributed by atoms with Crippen molar-refractivity contribution in [2.45, 2.75) is 14.7 Å². The minimum Gasteiger partial charge on any atom is -0.744 e. The number of phenols is 3. The van der Waals surface area contributed by atoms with E-state index in [1.807, 2.05) is 0 Å². The first kappa shape index (κ1) is 57.0. The van der Waals surface area contributed by atoms with E-state index in [9.17, 15) is 74.5 Å². The van der Waals surface area contributed by atoms with Crippen molar-refractivity contribution in [3.05, 3.63) is 129 Å². The molecule has 7 aromatic rings. The van der Waals surface area contributed by atoms with E-state index in [0.717, 1.165) is 54.6 Å². The first-order valence-corrected chi connectivity index (χ1v) is 22.2. The van der Waals surface area contributed by atoms with Crippen molar-refractivity contribution in [3.63, 3.8) is 0 Å². The second-order valence-corrected chi connectivity index (χ2v) is 17.5. The Morgan fingerprint density at radius 3 is 1.39 bits per heavy atom. The SMILES string of the molecule is O=[N+]([O-])c1ccc(N=Nc2cc(N=Nc3ccc(S(=O)(=O)[O-])c4ccccc34)c(O)c(N=Nc3cc(S(=O)(=O)[O-])cc4cc(S(=O)(=O)[O-])c(N=Nc5ccc([N+](=O)[O-])cc5)c(O)c34)c2O)cc1.[Na+].[Na+].[Na+]. The number of nitro groups is 2. The Bertz CT molecular complexity index is 3720. The monoisotopic (exact) mass is 1040 g/mol. The maximum Gasteiger partial charge on any atom is 1.00 e. The second-order valence-electron chi connectivity index (χ2n) is 13.4. The third-order valence-corrected chi connectivity index (χ3v) is 11.7. The molecule has 0 saturated carbocycles. The molecule has 7 rings (SSSR count). The van der Waals surface area contributed by atoms with Gasteiger partial charge in [-0.2, -0.15) is 10.2 Å². The van der Waals surface area contributed by atoms with Crippen LogP contribution in [-0.4, -0.2) is 64.1 Å². The predicted molar refractivity (Wildman–Crippen MR) is 226 cm³/mol. The van der Waals surface area contributed by atoms with E-state index in [1.54, 1.807) is 0 Å². The molecular weight excluding hydrogens is 1020 g/mol. The summed E-state index contributed by atoms with van der Waals surface area (Å²) in [7, 11) is -16.0. The molecule has 0 unspecified atom stereocenters. The minimum absolute atomic E-state index is 0. The number of hydrogen-bond acceptors (Lipinski definition) is 24. The molecule has 26 nitrogen and oxygen atoms in total. The van der Waals surface area contributed by atoms with Crippen LogP contribution in [0.15, 0.2) is 165 Å². The van der Waals surface area contributed by atoms with Crippen LogP contribution < -0.4 is 88.7 Å². The Balaban J connectivity index is 0.00000355. The molecule has 0 aliphatic heterocycles. The Kier molecular flexibility index (Phi) is 18.4.